The Balaban J connectivity index is 0.00000364. The predicted molar refractivity (Wildman–Crippen MR) is 123 cm³/mol. The van der Waals surface area contributed by atoms with Crippen LogP contribution in [0, 0.1) is 12.8 Å². The summed E-state index contributed by atoms with van der Waals surface area (Å²) in [5.74, 6) is 2.18. The van der Waals surface area contributed by atoms with Gasteiger partial charge in [0.25, 0.3) is 0 Å². The van der Waals surface area contributed by atoms with Gasteiger partial charge >= 0.3 is 0 Å². The number of benzene rings is 1. The van der Waals surface area contributed by atoms with Crippen molar-refractivity contribution in [3.8, 4) is 5.75 Å². The molecule has 0 amide bonds. The van der Waals surface area contributed by atoms with E-state index in [4.69, 9.17) is 4.74 Å². The maximum absolute atomic E-state index is 5.74. The van der Waals surface area contributed by atoms with E-state index in [1.54, 1.807) is 7.05 Å². The molecule has 0 aliphatic carbocycles. The van der Waals surface area contributed by atoms with Crippen molar-refractivity contribution in [2.24, 2.45) is 10.9 Å². The van der Waals surface area contributed by atoms with Crippen LogP contribution >= 0.6 is 24.0 Å². The van der Waals surface area contributed by atoms with Crippen molar-refractivity contribution in [3.05, 3.63) is 59.4 Å². The van der Waals surface area contributed by atoms with Gasteiger partial charge in [-0.25, -0.2) is 0 Å². The van der Waals surface area contributed by atoms with E-state index in [-0.39, 0.29) is 30.0 Å². The fraction of sp³-hybridized carbons (Fsp3) is 0.429. The summed E-state index contributed by atoms with van der Waals surface area (Å²) in [6, 6.07) is 12.3. The summed E-state index contributed by atoms with van der Waals surface area (Å²) in [6.45, 7) is 9.84. The number of halogens is 1. The van der Waals surface area contributed by atoms with Crippen LogP contribution in [0.3, 0.4) is 0 Å². The summed E-state index contributed by atoms with van der Waals surface area (Å²) in [5, 5.41) is 6.74. The number of guanidine groups is 1. The second kappa shape index (κ2) is 11.8. The van der Waals surface area contributed by atoms with Crippen LogP contribution in [0.2, 0.25) is 0 Å². The quantitative estimate of drug-likeness (QED) is 0.348. The first-order valence-electron chi connectivity index (χ1n) is 9.10. The van der Waals surface area contributed by atoms with Crippen LogP contribution in [0.25, 0.3) is 0 Å². The first kappa shape index (κ1) is 23.2. The standard InChI is InChI=1S/C21H30N4O.HI/c1-15(2)14-26-19-10-8-18(9-11-19)17(4)25-21(22-5)24-13-20-16(3)7-6-12-23-20;/h6-12,15,17H,13-14H2,1-5H3,(H2,22,24,25);1H. The van der Waals surface area contributed by atoms with Gasteiger partial charge in [0.1, 0.15) is 5.75 Å². The lowest BCUT2D eigenvalue weighted by atomic mass is 10.1. The molecule has 6 heteroatoms. The van der Waals surface area contributed by atoms with E-state index >= 15 is 0 Å². The minimum atomic E-state index is 0. The zero-order chi connectivity index (χ0) is 18.9. The zero-order valence-electron chi connectivity index (χ0n) is 16.8. The molecule has 2 aromatic rings. The molecule has 1 unspecified atom stereocenters. The zero-order valence-corrected chi connectivity index (χ0v) is 19.2. The lowest BCUT2D eigenvalue weighted by molar-refractivity contribution is 0.271. The van der Waals surface area contributed by atoms with E-state index < -0.39 is 0 Å². The van der Waals surface area contributed by atoms with E-state index in [0.717, 1.165) is 24.0 Å². The lowest BCUT2D eigenvalue weighted by Gasteiger charge is -2.19. The third-order valence-electron chi connectivity index (χ3n) is 4.08. The van der Waals surface area contributed by atoms with Crippen molar-refractivity contribution >= 4 is 29.9 Å². The maximum atomic E-state index is 5.74. The van der Waals surface area contributed by atoms with Gasteiger partial charge in [0.2, 0.25) is 0 Å². The van der Waals surface area contributed by atoms with Crippen LogP contribution < -0.4 is 15.4 Å². The van der Waals surface area contributed by atoms with Crippen molar-refractivity contribution in [3.63, 3.8) is 0 Å². The molecule has 0 aliphatic heterocycles. The van der Waals surface area contributed by atoms with Crippen molar-refractivity contribution < 1.29 is 4.74 Å². The molecule has 0 aliphatic rings. The highest BCUT2D eigenvalue weighted by Gasteiger charge is 2.09. The molecular formula is C21H31IN4O. The van der Waals surface area contributed by atoms with Gasteiger partial charge in [0.05, 0.1) is 24.9 Å². The number of hydrogen-bond acceptors (Lipinski definition) is 3. The molecule has 0 bridgehead atoms. The van der Waals surface area contributed by atoms with Gasteiger partial charge in [-0.15, -0.1) is 24.0 Å². The van der Waals surface area contributed by atoms with Gasteiger partial charge in [0.15, 0.2) is 5.96 Å². The van der Waals surface area contributed by atoms with Gasteiger partial charge < -0.3 is 15.4 Å². The van der Waals surface area contributed by atoms with Crippen molar-refractivity contribution in [1.29, 1.82) is 0 Å². The molecule has 1 heterocycles. The molecule has 1 aromatic carbocycles. The Kier molecular flexibility index (Phi) is 10.1. The summed E-state index contributed by atoms with van der Waals surface area (Å²) in [4.78, 5) is 8.71. The van der Waals surface area contributed by atoms with Crippen LogP contribution in [0.15, 0.2) is 47.6 Å². The number of hydrogen-bond donors (Lipinski definition) is 2. The van der Waals surface area contributed by atoms with Gasteiger partial charge in [-0.05, 0) is 49.1 Å². The highest BCUT2D eigenvalue weighted by molar-refractivity contribution is 14.0. The van der Waals surface area contributed by atoms with E-state index in [2.05, 4.69) is 66.5 Å². The first-order valence-corrected chi connectivity index (χ1v) is 9.10. The second-order valence-corrected chi connectivity index (χ2v) is 6.83. The Morgan fingerprint density at radius 3 is 2.44 bits per heavy atom. The molecule has 0 radical (unpaired) electrons. The largest absolute Gasteiger partial charge is 0.493 e. The Morgan fingerprint density at radius 2 is 1.85 bits per heavy atom. The second-order valence-electron chi connectivity index (χ2n) is 6.83. The van der Waals surface area contributed by atoms with Gasteiger partial charge in [0, 0.05) is 13.2 Å². The monoisotopic (exact) mass is 482 g/mol. The molecule has 0 saturated carbocycles. The molecule has 0 fully saturated rings. The number of nitrogens with zero attached hydrogens (tertiary/aromatic N) is 2. The number of pyridine rings is 1. The van der Waals surface area contributed by atoms with E-state index in [1.807, 2.05) is 24.4 Å². The Labute approximate surface area is 180 Å². The highest BCUT2D eigenvalue weighted by Crippen LogP contribution is 2.18. The third kappa shape index (κ3) is 7.74. The molecule has 0 spiro atoms. The van der Waals surface area contributed by atoms with Crippen LogP contribution in [0.4, 0.5) is 0 Å². The molecule has 27 heavy (non-hydrogen) atoms. The molecule has 1 atom stereocenters. The van der Waals surface area contributed by atoms with Crippen LogP contribution in [0.1, 0.15) is 43.6 Å². The summed E-state index contributed by atoms with van der Waals surface area (Å²) in [5.41, 5.74) is 3.37. The number of nitrogens with one attached hydrogen (secondary N) is 2. The average Bonchev–Trinajstić information content (AvgIpc) is 2.64. The number of rotatable bonds is 7. The number of aryl methyl sites for hydroxylation is 1. The summed E-state index contributed by atoms with van der Waals surface area (Å²) in [6.07, 6.45) is 1.81. The smallest absolute Gasteiger partial charge is 0.191 e. The van der Waals surface area contributed by atoms with Crippen molar-refractivity contribution in [2.75, 3.05) is 13.7 Å². The van der Waals surface area contributed by atoms with Crippen LogP contribution in [0.5, 0.6) is 5.75 Å². The van der Waals surface area contributed by atoms with Crippen LogP contribution in [-0.4, -0.2) is 24.6 Å². The molecule has 0 saturated heterocycles. The fourth-order valence-electron chi connectivity index (χ4n) is 2.47. The van der Waals surface area contributed by atoms with Gasteiger partial charge in [-0.2, -0.15) is 0 Å². The molecule has 1 aromatic heterocycles. The third-order valence-corrected chi connectivity index (χ3v) is 4.08. The molecule has 5 nitrogen and oxygen atoms in total. The van der Waals surface area contributed by atoms with Crippen molar-refractivity contribution in [2.45, 2.75) is 40.3 Å². The average molecular weight is 482 g/mol. The first-order chi connectivity index (χ1) is 12.5. The minimum absolute atomic E-state index is 0. The summed E-state index contributed by atoms with van der Waals surface area (Å²) in [7, 11) is 1.77. The summed E-state index contributed by atoms with van der Waals surface area (Å²) < 4.78 is 5.74. The minimum Gasteiger partial charge on any atom is -0.493 e. The SMILES string of the molecule is CN=C(NCc1ncccc1C)NC(C)c1ccc(OCC(C)C)cc1.I. The Bertz CT molecular complexity index is 716. The lowest BCUT2D eigenvalue weighted by Crippen LogP contribution is -2.38. The Morgan fingerprint density at radius 1 is 1.15 bits per heavy atom. The predicted octanol–water partition coefficient (Wildman–Crippen LogP) is 4.47. The number of ether oxygens (including phenoxy) is 1. The summed E-state index contributed by atoms with van der Waals surface area (Å²) >= 11 is 0. The van der Waals surface area contributed by atoms with Crippen molar-refractivity contribution in [1.82, 2.24) is 15.6 Å². The maximum Gasteiger partial charge on any atom is 0.191 e. The normalized spacial score (nSPS) is 12.3. The van der Waals surface area contributed by atoms with Crippen LogP contribution in [-0.2, 0) is 6.54 Å². The molecule has 2 N–H and O–H groups in total. The van der Waals surface area contributed by atoms with E-state index in [0.29, 0.717) is 12.5 Å². The Hall–Kier alpha value is -1.83. The van der Waals surface area contributed by atoms with Gasteiger partial charge in [-0.3, -0.25) is 9.98 Å². The molecule has 148 valence electrons. The van der Waals surface area contributed by atoms with Gasteiger partial charge in [-0.1, -0.05) is 32.0 Å². The van der Waals surface area contributed by atoms with E-state index in [9.17, 15) is 0 Å². The fourth-order valence-corrected chi connectivity index (χ4v) is 2.47. The number of aromatic nitrogens is 1. The topological polar surface area (TPSA) is 58.5 Å². The molecule has 2 rings (SSSR count). The van der Waals surface area contributed by atoms with E-state index in [1.165, 1.54) is 11.1 Å². The highest BCUT2D eigenvalue weighted by atomic mass is 127. The molecular weight excluding hydrogens is 451 g/mol. The number of aliphatic imine (C=N–C) groups is 1.